The van der Waals surface area contributed by atoms with Crippen LogP contribution in [-0.2, 0) is 29.6 Å². The summed E-state index contributed by atoms with van der Waals surface area (Å²) in [6.07, 6.45) is 3.64. The quantitative estimate of drug-likeness (QED) is 0.462. The highest BCUT2D eigenvalue weighted by atomic mass is 16.5. The van der Waals surface area contributed by atoms with Crippen LogP contribution in [0.1, 0.15) is 63.7 Å². The number of rotatable bonds is 6. The van der Waals surface area contributed by atoms with Crippen molar-refractivity contribution in [3.8, 4) is 11.5 Å². The zero-order valence-corrected chi connectivity index (χ0v) is 22.4. The molecule has 1 saturated carbocycles. The van der Waals surface area contributed by atoms with Crippen LogP contribution in [0.3, 0.4) is 0 Å². The van der Waals surface area contributed by atoms with E-state index in [1.807, 2.05) is 36.4 Å². The van der Waals surface area contributed by atoms with E-state index in [1.165, 1.54) is 25.5 Å². The van der Waals surface area contributed by atoms with Crippen molar-refractivity contribution in [2.45, 2.75) is 61.9 Å². The van der Waals surface area contributed by atoms with Gasteiger partial charge in [-0.25, -0.2) is 4.79 Å². The molecule has 3 heterocycles. The first-order chi connectivity index (χ1) is 19.4. The first kappa shape index (κ1) is 24.2. The second-order valence-corrected chi connectivity index (χ2v) is 12.1. The van der Waals surface area contributed by atoms with Gasteiger partial charge >= 0.3 is 5.97 Å². The smallest absolute Gasteiger partial charge is 0.343 e. The third-order valence-electron chi connectivity index (χ3n) is 10.0. The number of aromatic nitrogens is 1. The average Bonchev–Trinajstić information content (AvgIpc) is 3.71. The normalized spacial score (nSPS) is 29.2. The number of nitrogens with zero attached hydrogens (tertiary/aromatic N) is 1. The highest BCUT2D eigenvalue weighted by molar-refractivity contribution is 5.89. The molecule has 2 aromatic carbocycles. The lowest BCUT2D eigenvalue weighted by atomic mass is 9.49. The van der Waals surface area contributed by atoms with Gasteiger partial charge in [-0.15, -0.1) is 0 Å². The molecule has 1 saturated heterocycles. The molecule has 0 radical (unpaired) electrons. The fourth-order valence-corrected chi connectivity index (χ4v) is 8.03. The second kappa shape index (κ2) is 8.44. The van der Waals surface area contributed by atoms with Gasteiger partial charge in [-0.05, 0) is 67.0 Å². The second-order valence-electron chi connectivity index (χ2n) is 12.1. The number of carbonyl (C=O) groups is 1. The number of piperidine rings is 1. The summed E-state index contributed by atoms with van der Waals surface area (Å²) in [5.74, 6) is 1.31. The Bertz CT molecular complexity index is 1600. The topological polar surface area (TPSA) is 101 Å². The zero-order chi connectivity index (χ0) is 27.2. The molecule has 206 valence electrons. The summed E-state index contributed by atoms with van der Waals surface area (Å²) in [4.78, 5) is 30.9. The van der Waals surface area contributed by atoms with E-state index in [0.29, 0.717) is 49.0 Å². The number of hydrogen-bond donors (Lipinski definition) is 2. The molecule has 3 aliphatic carbocycles. The molecule has 40 heavy (non-hydrogen) atoms. The number of aliphatic hydroxyl groups is 1. The van der Waals surface area contributed by atoms with Crippen LogP contribution in [0, 0.1) is 5.92 Å². The lowest BCUT2D eigenvalue weighted by molar-refractivity contribution is -0.173. The lowest BCUT2D eigenvalue weighted by Gasteiger charge is -2.63. The van der Waals surface area contributed by atoms with Crippen molar-refractivity contribution in [2.24, 2.45) is 5.92 Å². The van der Waals surface area contributed by atoms with Crippen molar-refractivity contribution in [3.63, 3.8) is 0 Å². The van der Waals surface area contributed by atoms with E-state index >= 15 is 0 Å². The fraction of sp³-hybridized carbons (Fsp3) is 0.438. The van der Waals surface area contributed by atoms with Crippen LogP contribution in [0.4, 0.5) is 0 Å². The number of pyridine rings is 1. The number of carbonyl (C=O) groups excluding carboxylic acids is 1. The summed E-state index contributed by atoms with van der Waals surface area (Å²) in [6.45, 7) is 2.24. The fourth-order valence-electron chi connectivity index (χ4n) is 8.03. The summed E-state index contributed by atoms with van der Waals surface area (Å²) in [5.41, 5.74) is 2.18. The van der Waals surface area contributed by atoms with Crippen LogP contribution in [0.5, 0.6) is 11.5 Å². The van der Waals surface area contributed by atoms with Crippen LogP contribution in [0.2, 0.25) is 0 Å². The Labute approximate surface area is 231 Å². The summed E-state index contributed by atoms with van der Waals surface area (Å²) >= 11 is 0. The summed E-state index contributed by atoms with van der Waals surface area (Å²) < 4.78 is 18.0. The van der Waals surface area contributed by atoms with E-state index in [9.17, 15) is 14.7 Å². The molecule has 3 aromatic rings. The molecule has 8 heteroatoms. The Hall–Kier alpha value is -3.62. The molecule has 1 aromatic heterocycles. The number of benzene rings is 2. The third kappa shape index (κ3) is 3.20. The molecule has 8 rings (SSSR count). The number of fused-ring (bicyclic) bond motifs is 2. The molecule has 5 aliphatic rings. The molecule has 2 N–H and O–H groups in total. The number of H-pyrrole nitrogens is 1. The number of nitrogens with one attached hydrogen (secondary N) is 1. The van der Waals surface area contributed by atoms with Gasteiger partial charge < -0.3 is 24.3 Å². The van der Waals surface area contributed by atoms with Crippen LogP contribution >= 0.6 is 0 Å². The van der Waals surface area contributed by atoms with Crippen LogP contribution in [0.15, 0.2) is 53.3 Å². The maximum Gasteiger partial charge on any atom is 0.343 e. The van der Waals surface area contributed by atoms with Gasteiger partial charge in [0.25, 0.3) is 5.56 Å². The van der Waals surface area contributed by atoms with Crippen molar-refractivity contribution < 1.29 is 24.1 Å². The number of hydrogen-bond acceptors (Lipinski definition) is 7. The van der Waals surface area contributed by atoms with E-state index in [-0.39, 0.29) is 11.6 Å². The molecule has 0 amide bonds. The minimum atomic E-state index is -1.14. The molecule has 8 nitrogen and oxygen atoms in total. The highest BCUT2D eigenvalue weighted by Crippen LogP contribution is 2.68. The lowest BCUT2D eigenvalue weighted by Crippen LogP contribution is -2.74. The first-order valence-electron chi connectivity index (χ1n) is 14.2. The number of aromatic amines is 1. The van der Waals surface area contributed by atoms with E-state index < -0.39 is 28.6 Å². The maximum absolute atomic E-state index is 13.1. The maximum atomic E-state index is 13.1. The van der Waals surface area contributed by atoms with Gasteiger partial charge in [-0.2, -0.15) is 0 Å². The van der Waals surface area contributed by atoms with Crippen molar-refractivity contribution >= 4 is 5.97 Å². The Balaban J connectivity index is 1.29. The van der Waals surface area contributed by atoms with Gasteiger partial charge in [0.05, 0.1) is 23.8 Å². The standard InChI is InChI=1S/C32H32N2O6/c1-38-30(36)22-13-21-15-32(37)24-14-20-9-10-23(39-17-19-5-3-2-4-6-19)27-25(20)31(32,11-12-34(24)16-18-7-8-18)28(40-27)26(21)33-29(22)35/h2-6,9-10,13,18,24,28,37H,7-8,11-12,14-17H2,1H3,(H,33,35)/t24-,28+,31+,32-/m1/s1. The highest BCUT2D eigenvalue weighted by Gasteiger charge is 2.72. The first-order valence-corrected chi connectivity index (χ1v) is 14.2. The largest absolute Gasteiger partial charge is 0.485 e. The molecule has 2 fully saturated rings. The van der Waals surface area contributed by atoms with E-state index in [1.54, 1.807) is 6.07 Å². The van der Waals surface area contributed by atoms with E-state index in [0.717, 1.165) is 29.8 Å². The van der Waals surface area contributed by atoms with E-state index in [4.69, 9.17) is 14.2 Å². The van der Waals surface area contributed by atoms with Crippen molar-refractivity contribution in [3.05, 3.63) is 92.4 Å². The Morgan fingerprint density at radius 3 is 2.77 bits per heavy atom. The molecule has 1 spiro atoms. The van der Waals surface area contributed by atoms with Gasteiger partial charge in [0, 0.05) is 24.6 Å². The van der Waals surface area contributed by atoms with Crippen LogP contribution in [0.25, 0.3) is 0 Å². The Kier molecular flexibility index (Phi) is 5.11. The SMILES string of the molecule is COC(=O)c1cc2c([nH]c1=O)[C@@H]1Oc3c(OCc4ccccc4)ccc4c3[C@@]13CCN(CC1CC1)[C@H](C4)[C@]3(O)C2. The number of methoxy groups -OCH3 is 1. The Morgan fingerprint density at radius 2 is 2.00 bits per heavy atom. The van der Waals surface area contributed by atoms with Gasteiger partial charge in [0.2, 0.25) is 0 Å². The van der Waals surface area contributed by atoms with E-state index in [2.05, 4.69) is 16.0 Å². The number of esters is 1. The minimum absolute atomic E-state index is 0.0558. The summed E-state index contributed by atoms with van der Waals surface area (Å²) in [5, 5.41) is 12.9. The van der Waals surface area contributed by atoms with Crippen molar-refractivity contribution in [2.75, 3.05) is 20.2 Å². The minimum Gasteiger partial charge on any atom is -0.485 e. The third-order valence-corrected chi connectivity index (χ3v) is 10.0. The summed E-state index contributed by atoms with van der Waals surface area (Å²) in [6, 6.07) is 15.6. The van der Waals surface area contributed by atoms with Crippen molar-refractivity contribution in [1.82, 2.24) is 9.88 Å². The average molecular weight is 541 g/mol. The predicted octanol–water partition coefficient (Wildman–Crippen LogP) is 3.44. The predicted molar refractivity (Wildman–Crippen MR) is 146 cm³/mol. The monoisotopic (exact) mass is 540 g/mol. The zero-order valence-electron chi connectivity index (χ0n) is 22.4. The number of ether oxygens (including phenoxy) is 3. The van der Waals surface area contributed by atoms with Gasteiger partial charge in [-0.1, -0.05) is 36.4 Å². The molecular weight excluding hydrogens is 508 g/mol. The molecular formula is C32H32N2O6. The molecule has 2 aliphatic heterocycles. The van der Waals surface area contributed by atoms with Crippen molar-refractivity contribution in [1.29, 1.82) is 0 Å². The van der Waals surface area contributed by atoms with Crippen LogP contribution in [-0.4, -0.2) is 52.8 Å². The van der Waals surface area contributed by atoms with Gasteiger partial charge in [-0.3, -0.25) is 9.69 Å². The summed E-state index contributed by atoms with van der Waals surface area (Å²) in [7, 11) is 1.26. The molecule has 2 bridgehead atoms. The Morgan fingerprint density at radius 1 is 1.18 bits per heavy atom. The molecule has 0 unspecified atom stereocenters. The van der Waals surface area contributed by atoms with Crippen LogP contribution < -0.4 is 15.0 Å². The van der Waals surface area contributed by atoms with Gasteiger partial charge in [0.15, 0.2) is 17.6 Å². The number of likely N-dealkylation sites (tertiary alicyclic amines) is 1. The van der Waals surface area contributed by atoms with Gasteiger partial charge in [0.1, 0.15) is 12.2 Å². The molecule has 4 atom stereocenters.